The van der Waals surface area contributed by atoms with Gasteiger partial charge in [-0.15, -0.1) is 0 Å². The molecule has 0 bridgehead atoms. The largest absolute Gasteiger partial charge is 0.497 e. The summed E-state index contributed by atoms with van der Waals surface area (Å²) in [4.78, 5) is 22.1. The maximum atomic E-state index is 11.9. The smallest absolute Gasteiger partial charge is 0.323 e. The van der Waals surface area contributed by atoms with E-state index < -0.39 is 11.0 Å². The number of ether oxygens (including phenoxy) is 2. The number of nitrogens with zero attached hydrogens (tertiary/aromatic N) is 1. The van der Waals surface area contributed by atoms with Crippen LogP contribution >= 0.6 is 0 Å². The molecule has 0 unspecified atom stereocenters. The van der Waals surface area contributed by atoms with Crippen molar-refractivity contribution in [1.29, 1.82) is 0 Å². The zero-order chi connectivity index (χ0) is 18.2. The van der Waals surface area contributed by atoms with E-state index in [0.717, 1.165) is 5.56 Å². The minimum absolute atomic E-state index is 0.124. The number of urea groups is 1. The van der Waals surface area contributed by atoms with Gasteiger partial charge in [-0.2, -0.15) is 0 Å². The SMILES string of the molecule is COc1cccc(/C=C/NC(=O)Nc2ccc([N+](=O)[O-])cc2OC)c1. The number of carbonyl (C=O) groups excluding carboxylic acids is 1. The van der Waals surface area contributed by atoms with Gasteiger partial charge in [0.05, 0.1) is 30.9 Å². The Bertz CT molecular complexity index is 805. The standard InChI is InChI=1S/C17H17N3O5/c1-24-14-5-3-4-12(10-14)8-9-18-17(21)19-15-7-6-13(20(22)23)11-16(15)25-2/h3-11H,1-2H3,(H2,18,19,21)/b9-8+. The molecule has 0 saturated heterocycles. The first-order valence-corrected chi connectivity index (χ1v) is 7.24. The van der Waals surface area contributed by atoms with Crippen LogP contribution in [0.5, 0.6) is 11.5 Å². The van der Waals surface area contributed by atoms with Gasteiger partial charge in [-0.05, 0) is 29.8 Å². The number of carbonyl (C=O) groups is 1. The normalized spacial score (nSPS) is 10.3. The predicted molar refractivity (Wildman–Crippen MR) is 93.8 cm³/mol. The van der Waals surface area contributed by atoms with Crippen LogP contribution < -0.4 is 20.1 Å². The van der Waals surface area contributed by atoms with Gasteiger partial charge in [0.1, 0.15) is 11.5 Å². The Morgan fingerprint density at radius 3 is 2.64 bits per heavy atom. The van der Waals surface area contributed by atoms with Crippen LogP contribution in [0.1, 0.15) is 5.56 Å². The van der Waals surface area contributed by atoms with Gasteiger partial charge >= 0.3 is 6.03 Å². The molecule has 0 atom stereocenters. The van der Waals surface area contributed by atoms with Crippen molar-refractivity contribution in [2.24, 2.45) is 0 Å². The molecule has 0 fully saturated rings. The number of nitrogens with one attached hydrogen (secondary N) is 2. The molecule has 2 aromatic carbocycles. The van der Waals surface area contributed by atoms with Crippen molar-refractivity contribution < 1.29 is 19.2 Å². The molecule has 8 nitrogen and oxygen atoms in total. The Kier molecular flexibility index (Phi) is 5.94. The maximum Gasteiger partial charge on any atom is 0.323 e. The molecule has 0 spiro atoms. The Morgan fingerprint density at radius 2 is 1.96 bits per heavy atom. The van der Waals surface area contributed by atoms with Crippen LogP contribution in [0, 0.1) is 10.1 Å². The highest BCUT2D eigenvalue weighted by Gasteiger charge is 2.12. The number of rotatable bonds is 6. The third-order valence-electron chi connectivity index (χ3n) is 3.23. The van der Waals surface area contributed by atoms with Crippen molar-refractivity contribution in [1.82, 2.24) is 5.32 Å². The number of methoxy groups -OCH3 is 2. The number of hydrogen-bond donors (Lipinski definition) is 2. The van der Waals surface area contributed by atoms with Gasteiger partial charge in [-0.1, -0.05) is 12.1 Å². The summed E-state index contributed by atoms with van der Waals surface area (Å²) < 4.78 is 10.2. The van der Waals surface area contributed by atoms with E-state index in [1.165, 1.54) is 31.5 Å². The highest BCUT2D eigenvalue weighted by Crippen LogP contribution is 2.28. The first-order chi connectivity index (χ1) is 12.0. The average molecular weight is 343 g/mol. The van der Waals surface area contributed by atoms with Crippen LogP contribution in [0.3, 0.4) is 0 Å². The number of hydrogen-bond acceptors (Lipinski definition) is 5. The molecule has 2 aromatic rings. The average Bonchev–Trinajstić information content (AvgIpc) is 2.62. The third-order valence-corrected chi connectivity index (χ3v) is 3.23. The first-order valence-electron chi connectivity index (χ1n) is 7.24. The van der Waals surface area contributed by atoms with E-state index in [4.69, 9.17) is 9.47 Å². The van der Waals surface area contributed by atoms with Crippen LogP contribution in [-0.2, 0) is 0 Å². The van der Waals surface area contributed by atoms with E-state index in [1.807, 2.05) is 24.3 Å². The number of benzene rings is 2. The van der Waals surface area contributed by atoms with E-state index in [1.54, 1.807) is 13.2 Å². The van der Waals surface area contributed by atoms with E-state index >= 15 is 0 Å². The van der Waals surface area contributed by atoms with Crippen molar-refractivity contribution in [2.45, 2.75) is 0 Å². The number of amides is 2. The van der Waals surface area contributed by atoms with E-state index in [9.17, 15) is 14.9 Å². The molecule has 0 heterocycles. The summed E-state index contributed by atoms with van der Waals surface area (Å²) in [6, 6.07) is 10.7. The summed E-state index contributed by atoms with van der Waals surface area (Å²) in [6.45, 7) is 0. The number of non-ortho nitro benzene ring substituents is 1. The molecule has 2 amide bonds. The molecule has 0 saturated carbocycles. The van der Waals surface area contributed by atoms with Gasteiger partial charge in [0.15, 0.2) is 0 Å². The zero-order valence-electron chi connectivity index (χ0n) is 13.7. The number of nitro groups is 1. The fourth-order valence-electron chi connectivity index (χ4n) is 2.01. The van der Waals surface area contributed by atoms with E-state index in [2.05, 4.69) is 10.6 Å². The molecule has 130 valence electrons. The summed E-state index contributed by atoms with van der Waals surface area (Å²) in [7, 11) is 2.94. The highest BCUT2D eigenvalue weighted by atomic mass is 16.6. The van der Waals surface area contributed by atoms with Crippen molar-refractivity contribution in [3.63, 3.8) is 0 Å². The highest BCUT2D eigenvalue weighted by molar-refractivity contribution is 5.92. The van der Waals surface area contributed by atoms with Crippen LogP contribution in [0.2, 0.25) is 0 Å². The minimum Gasteiger partial charge on any atom is -0.497 e. The lowest BCUT2D eigenvalue weighted by Gasteiger charge is -2.09. The molecule has 2 rings (SSSR count). The molecule has 0 radical (unpaired) electrons. The molecule has 2 N–H and O–H groups in total. The fraction of sp³-hybridized carbons (Fsp3) is 0.118. The van der Waals surface area contributed by atoms with Crippen LogP contribution in [-0.4, -0.2) is 25.2 Å². The Morgan fingerprint density at radius 1 is 1.16 bits per heavy atom. The minimum atomic E-state index is -0.538. The first kappa shape index (κ1) is 17.8. The molecule has 0 aromatic heterocycles. The summed E-state index contributed by atoms with van der Waals surface area (Å²) in [6.07, 6.45) is 3.18. The second-order valence-corrected chi connectivity index (χ2v) is 4.85. The Hall–Kier alpha value is -3.55. The Balaban J connectivity index is 2.00. The quantitative estimate of drug-likeness (QED) is 0.618. The van der Waals surface area contributed by atoms with Gasteiger partial charge in [0, 0.05) is 12.3 Å². The number of nitro benzene ring substituents is 1. The predicted octanol–water partition coefficient (Wildman–Crippen LogP) is 3.40. The topological polar surface area (TPSA) is 103 Å². The van der Waals surface area contributed by atoms with E-state index in [0.29, 0.717) is 11.4 Å². The van der Waals surface area contributed by atoms with Crippen molar-refractivity contribution in [3.8, 4) is 11.5 Å². The molecule has 0 aliphatic heterocycles. The summed E-state index contributed by atoms with van der Waals surface area (Å²) >= 11 is 0. The lowest BCUT2D eigenvalue weighted by atomic mass is 10.2. The number of anilines is 1. The second kappa shape index (κ2) is 8.34. The van der Waals surface area contributed by atoms with Crippen molar-refractivity contribution in [2.75, 3.05) is 19.5 Å². The summed E-state index contributed by atoms with van der Waals surface area (Å²) in [5.41, 5.74) is 1.05. The van der Waals surface area contributed by atoms with Gasteiger partial charge < -0.3 is 20.1 Å². The molecular weight excluding hydrogens is 326 g/mol. The Labute approximate surface area is 144 Å². The molecular formula is C17H17N3O5. The third kappa shape index (κ3) is 4.96. The second-order valence-electron chi connectivity index (χ2n) is 4.85. The fourth-order valence-corrected chi connectivity index (χ4v) is 2.01. The molecule has 8 heteroatoms. The van der Waals surface area contributed by atoms with Crippen molar-refractivity contribution >= 4 is 23.5 Å². The lowest BCUT2D eigenvalue weighted by Crippen LogP contribution is -2.24. The summed E-state index contributed by atoms with van der Waals surface area (Å²) in [5, 5.41) is 15.9. The van der Waals surface area contributed by atoms with Gasteiger partial charge in [-0.25, -0.2) is 4.79 Å². The molecule has 0 aliphatic carbocycles. The van der Waals surface area contributed by atoms with Crippen LogP contribution in [0.15, 0.2) is 48.7 Å². The van der Waals surface area contributed by atoms with Crippen LogP contribution in [0.25, 0.3) is 6.08 Å². The lowest BCUT2D eigenvalue weighted by molar-refractivity contribution is -0.384. The maximum absolute atomic E-state index is 11.9. The van der Waals surface area contributed by atoms with Gasteiger partial charge in [-0.3, -0.25) is 10.1 Å². The van der Waals surface area contributed by atoms with Crippen LogP contribution in [0.4, 0.5) is 16.2 Å². The summed E-state index contributed by atoms with van der Waals surface area (Å²) in [5.74, 6) is 0.906. The zero-order valence-corrected chi connectivity index (χ0v) is 13.7. The van der Waals surface area contributed by atoms with E-state index in [-0.39, 0.29) is 11.4 Å². The van der Waals surface area contributed by atoms with Gasteiger partial charge in [0.25, 0.3) is 5.69 Å². The molecule has 0 aliphatic rings. The van der Waals surface area contributed by atoms with Crippen molar-refractivity contribution in [3.05, 3.63) is 64.3 Å². The monoisotopic (exact) mass is 343 g/mol. The van der Waals surface area contributed by atoms with Gasteiger partial charge in [0.2, 0.25) is 0 Å². The molecule has 25 heavy (non-hydrogen) atoms.